The lowest BCUT2D eigenvalue weighted by molar-refractivity contribution is -0.122. The summed E-state index contributed by atoms with van der Waals surface area (Å²) < 4.78 is 5.44. The van der Waals surface area contributed by atoms with E-state index in [2.05, 4.69) is 16.3 Å². The molecule has 134 valence electrons. The van der Waals surface area contributed by atoms with E-state index in [0.29, 0.717) is 12.5 Å². The van der Waals surface area contributed by atoms with E-state index in [-0.39, 0.29) is 5.91 Å². The first-order valence-corrected chi connectivity index (χ1v) is 9.12. The highest BCUT2D eigenvalue weighted by molar-refractivity contribution is 5.76. The molecule has 0 bridgehead atoms. The molecule has 1 fully saturated rings. The predicted octanol–water partition coefficient (Wildman–Crippen LogP) is 2.69. The molecular weight excluding hydrogens is 302 g/mol. The summed E-state index contributed by atoms with van der Waals surface area (Å²) in [5.74, 6) is 1.11. The number of amides is 1. The van der Waals surface area contributed by atoms with Crippen LogP contribution in [0.5, 0.6) is 5.75 Å². The molecule has 0 spiro atoms. The maximum atomic E-state index is 12.0. The summed E-state index contributed by atoms with van der Waals surface area (Å²) in [5, 5.41) is 3.19. The number of nitrogens with one attached hydrogen (secondary N) is 1. The van der Waals surface area contributed by atoms with Crippen molar-refractivity contribution in [2.45, 2.75) is 51.0 Å². The summed E-state index contributed by atoms with van der Waals surface area (Å²) in [6, 6.07) is 8.42. The number of carbonyl (C=O) groups is 1. The van der Waals surface area contributed by atoms with Gasteiger partial charge in [0.05, 0.1) is 12.8 Å². The van der Waals surface area contributed by atoms with E-state index in [1.807, 2.05) is 18.2 Å². The highest BCUT2D eigenvalue weighted by Gasteiger charge is 2.22. The van der Waals surface area contributed by atoms with Crippen LogP contribution in [0.25, 0.3) is 0 Å². The molecule has 24 heavy (non-hydrogen) atoms. The molecule has 0 unspecified atom stereocenters. The molecule has 1 amide bonds. The lowest BCUT2D eigenvalue weighted by Crippen LogP contribution is -2.44. The van der Waals surface area contributed by atoms with Gasteiger partial charge in [-0.3, -0.25) is 4.79 Å². The normalized spacial score (nSPS) is 15.3. The lowest BCUT2D eigenvalue weighted by atomic mass is 10.0. The summed E-state index contributed by atoms with van der Waals surface area (Å²) in [4.78, 5) is 14.4. The third-order valence-corrected chi connectivity index (χ3v) is 4.64. The van der Waals surface area contributed by atoms with Gasteiger partial charge >= 0.3 is 0 Å². The van der Waals surface area contributed by atoms with Crippen LogP contribution in [0.2, 0.25) is 0 Å². The Morgan fingerprint density at radius 3 is 2.62 bits per heavy atom. The third-order valence-electron chi connectivity index (χ3n) is 4.64. The van der Waals surface area contributed by atoms with Crippen molar-refractivity contribution >= 4 is 11.6 Å². The van der Waals surface area contributed by atoms with Crippen molar-refractivity contribution in [1.29, 1.82) is 0 Å². The molecule has 1 heterocycles. The van der Waals surface area contributed by atoms with Gasteiger partial charge in [-0.2, -0.15) is 0 Å². The number of carbonyl (C=O) groups excluding carboxylic acids is 1. The topological polar surface area (TPSA) is 67.6 Å². The van der Waals surface area contributed by atoms with Crippen LogP contribution < -0.4 is 20.7 Å². The Hall–Kier alpha value is -1.75. The molecule has 1 aromatic carbocycles. The number of hydrogen-bond acceptors (Lipinski definition) is 4. The molecule has 1 aromatic rings. The number of rotatable bonds is 9. The van der Waals surface area contributed by atoms with Gasteiger partial charge in [-0.25, -0.2) is 0 Å². The van der Waals surface area contributed by atoms with Gasteiger partial charge in [-0.05, 0) is 44.4 Å². The number of ether oxygens (including phenoxy) is 1. The van der Waals surface area contributed by atoms with E-state index in [4.69, 9.17) is 10.5 Å². The fourth-order valence-corrected chi connectivity index (χ4v) is 3.24. The van der Waals surface area contributed by atoms with Crippen LogP contribution in [0.15, 0.2) is 24.3 Å². The van der Waals surface area contributed by atoms with Crippen molar-refractivity contribution in [3.8, 4) is 5.75 Å². The van der Waals surface area contributed by atoms with Crippen molar-refractivity contribution in [2.24, 2.45) is 5.73 Å². The molecular formula is C19H31N3O2. The van der Waals surface area contributed by atoms with Gasteiger partial charge in [0.2, 0.25) is 5.91 Å². The smallest absolute Gasteiger partial charge is 0.220 e. The van der Waals surface area contributed by atoms with E-state index in [1.165, 1.54) is 0 Å². The number of unbranched alkanes of at least 4 members (excludes halogenated alkanes) is 3. The van der Waals surface area contributed by atoms with Gasteiger partial charge < -0.3 is 20.7 Å². The van der Waals surface area contributed by atoms with Gasteiger partial charge in [-0.15, -0.1) is 0 Å². The van der Waals surface area contributed by atoms with Crippen LogP contribution in [-0.2, 0) is 4.79 Å². The number of nitrogens with zero attached hydrogens (tertiary/aromatic N) is 1. The molecule has 0 aromatic heterocycles. The molecule has 0 radical (unpaired) electrons. The molecule has 5 heteroatoms. The monoisotopic (exact) mass is 333 g/mol. The zero-order valence-corrected chi connectivity index (χ0v) is 14.8. The highest BCUT2D eigenvalue weighted by Crippen LogP contribution is 2.29. The second-order valence-electron chi connectivity index (χ2n) is 6.45. The minimum atomic E-state index is 0.193. The van der Waals surface area contributed by atoms with Crippen LogP contribution in [0.3, 0.4) is 0 Å². The first kappa shape index (κ1) is 18.6. The van der Waals surface area contributed by atoms with Crippen LogP contribution >= 0.6 is 0 Å². The number of para-hydroxylation sites is 2. The van der Waals surface area contributed by atoms with E-state index in [0.717, 1.165) is 69.6 Å². The van der Waals surface area contributed by atoms with Crippen molar-refractivity contribution in [2.75, 3.05) is 31.6 Å². The SMILES string of the molecule is COc1ccccc1N1CCC(NC(=O)CCCCCCN)CC1. The quantitative estimate of drug-likeness (QED) is 0.682. The van der Waals surface area contributed by atoms with Crippen molar-refractivity contribution in [3.05, 3.63) is 24.3 Å². The largest absolute Gasteiger partial charge is 0.495 e. The summed E-state index contributed by atoms with van der Waals surface area (Å²) in [6.07, 6.45) is 6.85. The molecule has 2 rings (SSSR count). The lowest BCUT2D eigenvalue weighted by Gasteiger charge is -2.34. The van der Waals surface area contributed by atoms with Crippen LogP contribution in [0, 0.1) is 0 Å². The number of anilines is 1. The van der Waals surface area contributed by atoms with Crippen LogP contribution in [0.4, 0.5) is 5.69 Å². The molecule has 0 saturated carbocycles. The second kappa shape index (κ2) is 10.2. The second-order valence-corrected chi connectivity index (χ2v) is 6.45. The Bertz CT molecular complexity index is 499. The van der Waals surface area contributed by atoms with E-state index in [1.54, 1.807) is 7.11 Å². The summed E-state index contributed by atoms with van der Waals surface area (Å²) in [6.45, 7) is 2.64. The minimum absolute atomic E-state index is 0.193. The molecule has 5 nitrogen and oxygen atoms in total. The summed E-state index contributed by atoms with van der Waals surface area (Å²) >= 11 is 0. The predicted molar refractivity (Wildman–Crippen MR) is 98.5 cm³/mol. The molecule has 0 atom stereocenters. The molecule has 1 saturated heterocycles. The van der Waals surface area contributed by atoms with E-state index >= 15 is 0 Å². The van der Waals surface area contributed by atoms with E-state index < -0.39 is 0 Å². The number of methoxy groups -OCH3 is 1. The van der Waals surface area contributed by atoms with Crippen LogP contribution in [-0.4, -0.2) is 38.7 Å². The fraction of sp³-hybridized carbons (Fsp3) is 0.632. The molecule has 1 aliphatic rings. The Balaban J connectivity index is 1.70. The van der Waals surface area contributed by atoms with Crippen molar-refractivity contribution < 1.29 is 9.53 Å². The number of nitrogens with two attached hydrogens (primary N) is 1. The third kappa shape index (κ3) is 5.71. The number of benzene rings is 1. The molecule has 0 aliphatic carbocycles. The molecule has 3 N–H and O–H groups in total. The minimum Gasteiger partial charge on any atom is -0.495 e. The van der Waals surface area contributed by atoms with Gasteiger partial charge in [-0.1, -0.05) is 25.0 Å². The fourth-order valence-electron chi connectivity index (χ4n) is 3.24. The zero-order valence-electron chi connectivity index (χ0n) is 14.8. The van der Waals surface area contributed by atoms with Gasteiger partial charge in [0, 0.05) is 25.6 Å². The summed E-state index contributed by atoms with van der Waals surface area (Å²) in [5.41, 5.74) is 6.62. The van der Waals surface area contributed by atoms with Crippen LogP contribution in [0.1, 0.15) is 44.9 Å². The Morgan fingerprint density at radius 1 is 1.21 bits per heavy atom. The maximum Gasteiger partial charge on any atom is 0.220 e. The average molecular weight is 333 g/mol. The number of hydrogen-bond donors (Lipinski definition) is 2. The molecule has 1 aliphatic heterocycles. The van der Waals surface area contributed by atoms with Crippen molar-refractivity contribution in [3.63, 3.8) is 0 Å². The summed E-state index contributed by atoms with van der Waals surface area (Å²) in [7, 11) is 1.71. The van der Waals surface area contributed by atoms with Gasteiger partial charge in [0.25, 0.3) is 0 Å². The Kier molecular flexibility index (Phi) is 7.89. The first-order chi connectivity index (χ1) is 11.7. The highest BCUT2D eigenvalue weighted by atomic mass is 16.5. The van der Waals surface area contributed by atoms with Gasteiger partial charge in [0.1, 0.15) is 5.75 Å². The van der Waals surface area contributed by atoms with E-state index in [9.17, 15) is 4.79 Å². The maximum absolute atomic E-state index is 12.0. The number of piperidine rings is 1. The average Bonchev–Trinajstić information content (AvgIpc) is 2.62. The zero-order chi connectivity index (χ0) is 17.2. The Morgan fingerprint density at radius 2 is 1.92 bits per heavy atom. The first-order valence-electron chi connectivity index (χ1n) is 9.12. The van der Waals surface area contributed by atoms with Gasteiger partial charge in [0.15, 0.2) is 0 Å². The Labute approximate surface area is 145 Å². The standard InChI is InChI=1S/C19H31N3O2/c1-24-18-9-6-5-8-17(18)22-14-11-16(12-15-22)21-19(23)10-4-2-3-7-13-20/h5-6,8-9,16H,2-4,7,10-15,20H2,1H3,(H,21,23). The van der Waals surface area contributed by atoms with Crippen molar-refractivity contribution in [1.82, 2.24) is 5.32 Å².